The lowest BCUT2D eigenvalue weighted by Gasteiger charge is -2.30. The molecule has 0 unspecified atom stereocenters. The monoisotopic (exact) mass is 1110 g/mol. The largest absolute Gasteiger partial charge is 0.343 e. The second-order valence-electron chi connectivity index (χ2n) is 20.5. The molecule has 6 amide bonds. The van der Waals surface area contributed by atoms with Gasteiger partial charge in [-0.25, -0.2) is 0 Å². The van der Waals surface area contributed by atoms with Gasteiger partial charge in [-0.2, -0.15) is 23.5 Å². The number of nitrogens with one attached hydrogen (secondary N) is 6. The molecule has 6 aromatic carbocycles. The minimum Gasteiger partial charge on any atom is -0.343 e. The van der Waals surface area contributed by atoms with E-state index in [9.17, 15) is 28.8 Å². The fraction of sp³-hybridized carbons (Fsp3) is 0.344. The van der Waals surface area contributed by atoms with E-state index in [-0.39, 0.29) is 35.4 Å². The zero-order valence-electron chi connectivity index (χ0n) is 46.0. The number of nitrogens with zero attached hydrogens (tertiary/aromatic N) is 2. The minimum atomic E-state index is -0.839. The topological polar surface area (TPSA) is 181 Å². The molecule has 2 heterocycles. The minimum absolute atomic E-state index is 0.226. The van der Waals surface area contributed by atoms with Crippen LogP contribution in [0.25, 0.3) is 11.1 Å². The van der Waals surface area contributed by atoms with Crippen LogP contribution < -0.4 is 31.9 Å². The maximum Gasteiger partial charge on any atom is 0.246 e. The fourth-order valence-electron chi connectivity index (χ4n) is 10.2. The lowest BCUT2D eigenvalue weighted by Crippen LogP contribution is -2.56. The molecule has 0 aromatic heterocycles. The van der Waals surface area contributed by atoms with E-state index in [0.717, 1.165) is 44.5 Å². The highest BCUT2D eigenvalue weighted by molar-refractivity contribution is 7.98. The van der Waals surface area contributed by atoms with E-state index in [1.165, 1.54) is 0 Å². The predicted octanol–water partition coefficient (Wildman–Crippen LogP) is 7.80. The Balaban J connectivity index is 0.859. The van der Waals surface area contributed by atoms with Gasteiger partial charge < -0.3 is 41.7 Å². The van der Waals surface area contributed by atoms with Gasteiger partial charge >= 0.3 is 0 Å². The lowest BCUT2D eigenvalue weighted by molar-refractivity contribution is -0.141. The number of benzene rings is 6. The van der Waals surface area contributed by atoms with Crippen LogP contribution in [-0.2, 0) is 40.3 Å². The molecule has 418 valence electrons. The first kappa shape index (κ1) is 58.9. The van der Waals surface area contributed by atoms with E-state index in [2.05, 4.69) is 80.4 Å². The molecule has 0 spiro atoms. The van der Waals surface area contributed by atoms with Crippen molar-refractivity contribution in [3.05, 3.63) is 203 Å². The number of amides is 6. The molecule has 0 radical (unpaired) electrons. The molecule has 6 N–H and O–H groups in total. The summed E-state index contributed by atoms with van der Waals surface area (Å²) in [4.78, 5) is 86.8. The molecule has 0 saturated carbocycles. The van der Waals surface area contributed by atoms with Crippen molar-refractivity contribution in [2.75, 3.05) is 38.7 Å². The normalized spacial score (nSPS) is 16.6. The third-order valence-electron chi connectivity index (χ3n) is 15.0. The SMILES string of the molecule is CN[C@@H](C)C(=O)N[C@@H](CSCc1ccc(-c2ccc(CSC[C@H](NC(=O)[C@H](C)NC)C(=O)N3CCC[C@H]3C(=O)NC(c3ccccc3)c3ccccc3)cc2)cc1)C(=O)N1CCC[C@H]1C(=O)NC(c1ccccc1)c1ccccc1. The molecule has 16 heteroatoms. The summed E-state index contributed by atoms with van der Waals surface area (Å²) in [5.74, 6) is 0.271. The van der Waals surface area contributed by atoms with Gasteiger partial charge in [-0.15, -0.1) is 0 Å². The number of thioether (sulfide) groups is 2. The van der Waals surface area contributed by atoms with Crippen molar-refractivity contribution in [1.29, 1.82) is 0 Å². The van der Waals surface area contributed by atoms with Gasteiger partial charge in [0.2, 0.25) is 35.4 Å². The highest BCUT2D eigenvalue weighted by Crippen LogP contribution is 2.29. The summed E-state index contributed by atoms with van der Waals surface area (Å²) in [7, 11) is 3.40. The Hall–Kier alpha value is -7.24. The number of carbonyl (C=O) groups excluding carboxylic acids is 6. The summed E-state index contributed by atoms with van der Waals surface area (Å²) in [5, 5.41) is 18.4. The highest BCUT2D eigenvalue weighted by Gasteiger charge is 2.40. The highest BCUT2D eigenvalue weighted by atomic mass is 32.2. The molecule has 0 bridgehead atoms. The van der Waals surface area contributed by atoms with Crippen LogP contribution in [0.2, 0.25) is 0 Å². The van der Waals surface area contributed by atoms with Crippen molar-refractivity contribution in [2.45, 2.75) is 99.4 Å². The molecule has 80 heavy (non-hydrogen) atoms. The molecule has 2 saturated heterocycles. The molecule has 2 fully saturated rings. The Bertz CT molecular complexity index is 2700. The Morgan fingerprint density at radius 2 is 0.762 bits per heavy atom. The summed E-state index contributed by atoms with van der Waals surface area (Å²) < 4.78 is 0. The Labute approximate surface area is 479 Å². The second kappa shape index (κ2) is 29.3. The number of hydrogen-bond donors (Lipinski definition) is 6. The Morgan fingerprint density at radius 1 is 0.450 bits per heavy atom. The first-order valence-electron chi connectivity index (χ1n) is 27.6. The maximum absolute atomic E-state index is 14.4. The van der Waals surface area contributed by atoms with Crippen molar-refractivity contribution in [3.8, 4) is 11.1 Å². The average Bonchev–Trinajstić information content (AvgIpc) is 4.23. The van der Waals surface area contributed by atoms with Gasteiger partial charge in [0.25, 0.3) is 0 Å². The van der Waals surface area contributed by atoms with E-state index in [4.69, 9.17) is 0 Å². The summed E-state index contributed by atoms with van der Waals surface area (Å²) in [6, 6.07) is 50.9. The van der Waals surface area contributed by atoms with Crippen LogP contribution in [0.1, 0.15) is 85.0 Å². The van der Waals surface area contributed by atoms with Gasteiger partial charge in [-0.3, -0.25) is 28.8 Å². The fourth-order valence-corrected chi connectivity index (χ4v) is 12.2. The van der Waals surface area contributed by atoms with Crippen LogP contribution >= 0.6 is 23.5 Å². The summed E-state index contributed by atoms with van der Waals surface area (Å²) >= 11 is 3.11. The predicted molar refractivity (Wildman–Crippen MR) is 320 cm³/mol. The zero-order chi connectivity index (χ0) is 56.4. The number of likely N-dealkylation sites (tertiary alicyclic amines) is 2. The molecule has 2 aliphatic rings. The van der Waals surface area contributed by atoms with E-state index in [0.29, 0.717) is 61.8 Å². The lowest BCUT2D eigenvalue weighted by atomic mass is 9.98. The first-order chi connectivity index (χ1) is 38.9. The van der Waals surface area contributed by atoms with Crippen molar-refractivity contribution in [3.63, 3.8) is 0 Å². The zero-order valence-corrected chi connectivity index (χ0v) is 47.6. The van der Waals surface area contributed by atoms with Crippen LogP contribution in [0.15, 0.2) is 170 Å². The van der Waals surface area contributed by atoms with Crippen molar-refractivity contribution < 1.29 is 28.8 Å². The van der Waals surface area contributed by atoms with Gasteiger partial charge in [-0.1, -0.05) is 170 Å². The van der Waals surface area contributed by atoms with E-state index in [1.807, 2.05) is 121 Å². The van der Waals surface area contributed by atoms with Gasteiger partial charge in [0.05, 0.1) is 24.2 Å². The van der Waals surface area contributed by atoms with E-state index in [1.54, 1.807) is 61.3 Å². The second-order valence-corrected chi connectivity index (χ2v) is 22.5. The first-order valence-corrected chi connectivity index (χ1v) is 29.9. The van der Waals surface area contributed by atoms with Crippen LogP contribution in [-0.4, -0.2) is 120 Å². The Morgan fingerprint density at radius 3 is 1.06 bits per heavy atom. The van der Waals surface area contributed by atoms with Gasteiger partial charge in [0, 0.05) is 36.1 Å². The third kappa shape index (κ3) is 15.6. The Kier molecular flexibility index (Phi) is 21.6. The molecular formula is C64H74N8O6S2. The van der Waals surface area contributed by atoms with E-state index >= 15 is 0 Å². The number of likely N-dealkylation sites (N-methyl/N-ethyl adjacent to an activating group) is 2. The molecule has 6 atom stereocenters. The third-order valence-corrected chi connectivity index (χ3v) is 17.2. The van der Waals surface area contributed by atoms with Crippen molar-refractivity contribution in [2.24, 2.45) is 0 Å². The molecule has 14 nitrogen and oxygen atoms in total. The van der Waals surface area contributed by atoms with Crippen LogP contribution in [0.5, 0.6) is 0 Å². The van der Waals surface area contributed by atoms with E-state index < -0.39 is 48.3 Å². The van der Waals surface area contributed by atoms with Gasteiger partial charge in [-0.05, 0) is 98.1 Å². The van der Waals surface area contributed by atoms with Crippen LogP contribution in [0.4, 0.5) is 0 Å². The standard InChI is InChI=1S/C64H74N8O6S2/c1-43(65-3)59(73)67-53(63(77)71-37-17-27-55(71)61(75)69-57(49-19-9-5-10-20-49)50-21-11-6-12-22-50)41-79-39-45-29-33-47(34-30-45)48-35-31-46(32-36-48)40-80-42-54(68-60(74)44(2)66-4)64(78)72-38-18-28-56(72)62(76)70-58(51-23-13-7-14-24-51)52-25-15-8-16-26-52/h5-16,19-26,29-36,43-44,53-58,65-66H,17-18,27-28,37-42H2,1-4H3,(H,67,73)(H,68,74)(H,69,75)(H,70,76)/t43-,44-,53-,54-,55-,56-/m0/s1. The van der Waals surface area contributed by atoms with Crippen LogP contribution in [0, 0.1) is 0 Å². The molecule has 6 aromatic rings. The number of rotatable bonds is 25. The molecule has 0 aliphatic carbocycles. The summed E-state index contributed by atoms with van der Waals surface area (Å²) in [6.45, 7) is 4.34. The van der Waals surface area contributed by atoms with Gasteiger partial charge in [0.15, 0.2) is 0 Å². The van der Waals surface area contributed by atoms with Crippen molar-refractivity contribution >= 4 is 59.0 Å². The molecule has 8 rings (SSSR count). The van der Waals surface area contributed by atoms with Crippen molar-refractivity contribution in [1.82, 2.24) is 41.7 Å². The molecular weight excluding hydrogens is 1040 g/mol. The van der Waals surface area contributed by atoms with Crippen LogP contribution in [0.3, 0.4) is 0 Å². The average molecular weight is 1120 g/mol. The van der Waals surface area contributed by atoms with Gasteiger partial charge in [0.1, 0.15) is 24.2 Å². The maximum atomic E-state index is 14.4. The molecule has 2 aliphatic heterocycles. The quantitative estimate of drug-likeness (QED) is 0.0331. The smallest absolute Gasteiger partial charge is 0.246 e. The number of hydrogen-bond acceptors (Lipinski definition) is 10. The summed E-state index contributed by atoms with van der Waals surface area (Å²) in [5.41, 5.74) is 7.96. The summed E-state index contributed by atoms with van der Waals surface area (Å²) in [6.07, 6.45) is 2.41. The number of carbonyl (C=O) groups is 6.